The number of halogens is 1. The van der Waals surface area contributed by atoms with Crippen LogP contribution in [0.1, 0.15) is 24.0 Å². The maximum absolute atomic E-state index is 10.0. The molecule has 0 radical (unpaired) electrons. The summed E-state index contributed by atoms with van der Waals surface area (Å²) in [6.45, 7) is 1.96. The molecule has 4 heteroatoms. The lowest BCUT2D eigenvalue weighted by Crippen LogP contribution is -2.12. The van der Waals surface area contributed by atoms with Gasteiger partial charge in [-0.15, -0.1) is 0 Å². The van der Waals surface area contributed by atoms with E-state index in [2.05, 4.69) is 15.9 Å². The third kappa shape index (κ3) is 2.43. The molecule has 1 N–H and O–H groups in total. The topological polar surface area (TPSA) is 38.7 Å². The van der Waals surface area contributed by atoms with Crippen molar-refractivity contribution in [2.45, 2.75) is 31.8 Å². The molecular formula is C13H17BrO3. The number of benzene rings is 1. The van der Waals surface area contributed by atoms with Crippen LogP contribution in [0.25, 0.3) is 0 Å². The first-order chi connectivity index (χ1) is 8.00. The van der Waals surface area contributed by atoms with Gasteiger partial charge < -0.3 is 14.6 Å². The second-order valence-corrected chi connectivity index (χ2v) is 5.46. The molecule has 0 unspecified atom stereocenters. The number of hydrogen-bond acceptors (Lipinski definition) is 3. The van der Waals surface area contributed by atoms with Crippen LogP contribution in [-0.2, 0) is 6.42 Å². The van der Waals surface area contributed by atoms with Gasteiger partial charge in [0.2, 0.25) is 0 Å². The van der Waals surface area contributed by atoms with E-state index < -0.39 is 5.60 Å². The smallest absolute Gasteiger partial charge is 0.139 e. The molecule has 1 saturated carbocycles. The predicted octanol–water partition coefficient (Wildman–Crippen LogP) is 2.84. The zero-order valence-electron chi connectivity index (χ0n) is 10.3. The zero-order valence-corrected chi connectivity index (χ0v) is 11.9. The number of ether oxygens (including phenoxy) is 2. The fourth-order valence-electron chi connectivity index (χ4n) is 2.15. The number of methoxy groups -OCH3 is 2. The maximum atomic E-state index is 10.0. The fraction of sp³-hybridized carbons (Fsp3) is 0.538. The van der Waals surface area contributed by atoms with E-state index in [0.29, 0.717) is 6.42 Å². The normalized spacial score (nSPS) is 16.8. The van der Waals surface area contributed by atoms with Crippen LogP contribution in [0.15, 0.2) is 10.5 Å². The second kappa shape index (κ2) is 4.50. The highest BCUT2D eigenvalue weighted by Gasteiger charge is 2.41. The lowest BCUT2D eigenvalue weighted by Gasteiger charge is -2.18. The summed E-state index contributed by atoms with van der Waals surface area (Å²) in [6.07, 6.45) is 2.39. The third-order valence-corrected chi connectivity index (χ3v) is 3.83. The lowest BCUT2D eigenvalue weighted by molar-refractivity contribution is 0.150. The molecule has 1 aromatic carbocycles. The van der Waals surface area contributed by atoms with Gasteiger partial charge >= 0.3 is 0 Å². The summed E-state index contributed by atoms with van der Waals surface area (Å²) in [7, 11) is 3.29. The molecule has 0 spiro atoms. The highest BCUT2D eigenvalue weighted by molar-refractivity contribution is 9.10. The van der Waals surface area contributed by atoms with Crippen molar-refractivity contribution in [3.63, 3.8) is 0 Å². The molecule has 1 aliphatic rings. The Hall–Kier alpha value is -0.740. The van der Waals surface area contributed by atoms with Gasteiger partial charge in [-0.1, -0.05) is 0 Å². The summed E-state index contributed by atoms with van der Waals surface area (Å²) in [6, 6.07) is 1.97. The van der Waals surface area contributed by atoms with Crippen molar-refractivity contribution in [3.8, 4) is 11.5 Å². The van der Waals surface area contributed by atoms with E-state index in [1.54, 1.807) is 14.2 Å². The van der Waals surface area contributed by atoms with Crippen LogP contribution in [0.3, 0.4) is 0 Å². The van der Waals surface area contributed by atoms with Crippen molar-refractivity contribution >= 4 is 15.9 Å². The fourth-order valence-corrected chi connectivity index (χ4v) is 2.88. The molecule has 0 amide bonds. The molecule has 0 atom stereocenters. The van der Waals surface area contributed by atoms with Gasteiger partial charge in [0, 0.05) is 12.0 Å². The van der Waals surface area contributed by atoms with Crippen LogP contribution in [0.4, 0.5) is 0 Å². The Bertz CT molecular complexity index is 439. The number of hydrogen-bond donors (Lipinski definition) is 1. The summed E-state index contributed by atoms with van der Waals surface area (Å²) in [4.78, 5) is 0. The van der Waals surface area contributed by atoms with E-state index in [4.69, 9.17) is 9.47 Å². The minimum Gasteiger partial charge on any atom is -0.496 e. The zero-order chi connectivity index (χ0) is 12.6. The van der Waals surface area contributed by atoms with Crippen LogP contribution in [0, 0.1) is 6.92 Å². The molecule has 3 nitrogen and oxygen atoms in total. The Kier molecular flexibility index (Phi) is 3.36. The number of rotatable bonds is 4. The molecule has 2 rings (SSSR count). The predicted molar refractivity (Wildman–Crippen MR) is 69.9 cm³/mol. The van der Waals surface area contributed by atoms with E-state index in [1.165, 1.54) is 0 Å². The van der Waals surface area contributed by atoms with Gasteiger partial charge in [-0.25, -0.2) is 0 Å². The molecule has 0 saturated heterocycles. The van der Waals surface area contributed by atoms with Crippen LogP contribution >= 0.6 is 15.9 Å². The largest absolute Gasteiger partial charge is 0.496 e. The maximum Gasteiger partial charge on any atom is 0.139 e. The Morgan fingerprint density at radius 1 is 1.29 bits per heavy atom. The summed E-state index contributed by atoms with van der Waals surface area (Å²) in [5, 5.41) is 10.0. The van der Waals surface area contributed by atoms with Gasteiger partial charge in [0.05, 0.1) is 24.3 Å². The molecule has 0 heterocycles. The van der Waals surface area contributed by atoms with Crippen LogP contribution in [0.2, 0.25) is 0 Å². The van der Waals surface area contributed by atoms with Crippen molar-refractivity contribution in [1.29, 1.82) is 0 Å². The Labute approximate surface area is 110 Å². The van der Waals surface area contributed by atoms with E-state index in [1.807, 2.05) is 13.0 Å². The van der Waals surface area contributed by atoms with Crippen LogP contribution in [0.5, 0.6) is 11.5 Å². The van der Waals surface area contributed by atoms with Crippen molar-refractivity contribution in [2.24, 2.45) is 0 Å². The summed E-state index contributed by atoms with van der Waals surface area (Å²) >= 11 is 3.49. The molecular weight excluding hydrogens is 284 g/mol. The van der Waals surface area contributed by atoms with Gasteiger partial charge in [-0.2, -0.15) is 0 Å². The summed E-state index contributed by atoms with van der Waals surface area (Å²) < 4.78 is 11.7. The molecule has 17 heavy (non-hydrogen) atoms. The molecule has 0 bridgehead atoms. The first kappa shape index (κ1) is 12.7. The van der Waals surface area contributed by atoms with Crippen molar-refractivity contribution in [2.75, 3.05) is 14.2 Å². The lowest BCUT2D eigenvalue weighted by atomic mass is 10.0. The van der Waals surface area contributed by atoms with Crippen molar-refractivity contribution in [3.05, 3.63) is 21.7 Å². The molecule has 0 aliphatic heterocycles. The van der Waals surface area contributed by atoms with Gasteiger partial charge in [-0.3, -0.25) is 0 Å². The molecule has 1 aliphatic carbocycles. The highest BCUT2D eigenvalue weighted by Crippen LogP contribution is 2.44. The SMILES string of the molecule is COc1c(Br)cc(CC2(O)CC2)c(OC)c1C. The average Bonchev–Trinajstić information content (AvgIpc) is 2.96. The first-order valence-corrected chi connectivity index (χ1v) is 6.42. The van der Waals surface area contributed by atoms with E-state index in [9.17, 15) is 5.11 Å². The van der Waals surface area contributed by atoms with Crippen LogP contribution < -0.4 is 9.47 Å². The van der Waals surface area contributed by atoms with E-state index in [-0.39, 0.29) is 0 Å². The monoisotopic (exact) mass is 300 g/mol. The Morgan fingerprint density at radius 2 is 1.88 bits per heavy atom. The van der Waals surface area contributed by atoms with Crippen molar-refractivity contribution in [1.82, 2.24) is 0 Å². The quantitative estimate of drug-likeness (QED) is 0.929. The third-order valence-electron chi connectivity index (χ3n) is 3.25. The highest BCUT2D eigenvalue weighted by atomic mass is 79.9. The molecule has 0 aromatic heterocycles. The van der Waals surface area contributed by atoms with Crippen molar-refractivity contribution < 1.29 is 14.6 Å². The molecule has 1 fully saturated rings. The summed E-state index contributed by atoms with van der Waals surface area (Å²) in [5.74, 6) is 1.60. The standard InChI is InChI=1S/C13H17BrO3/c1-8-11(16-2)9(7-13(15)4-5-13)6-10(14)12(8)17-3/h6,15H,4-5,7H2,1-3H3. The van der Waals surface area contributed by atoms with Gasteiger partial charge in [-0.05, 0) is 47.3 Å². The first-order valence-electron chi connectivity index (χ1n) is 5.63. The Morgan fingerprint density at radius 3 is 2.35 bits per heavy atom. The molecule has 1 aromatic rings. The van der Waals surface area contributed by atoms with E-state index >= 15 is 0 Å². The second-order valence-electron chi connectivity index (χ2n) is 4.61. The van der Waals surface area contributed by atoms with Gasteiger partial charge in [0.1, 0.15) is 11.5 Å². The van der Waals surface area contributed by atoms with Crippen LogP contribution in [-0.4, -0.2) is 24.9 Å². The summed E-state index contributed by atoms with van der Waals surface area (Å²) in [5.41, 5.74) is 1.47. The average molecular weight is 301 g/mol. The van der Waals surface area contributed by atoms with E-state index in [0.717, 1.165) is 39.9 Å². The van der Waals surface area contributed by atoms with Gasteiger partial charge in [0.25, 0.3) is 0 Å². The minimum atomic E-state index is -0.520. The molecule has 94 valence electrons. The van der Waals surface area contributed by atoms with Gasteiger partial charge in [0.15, 0.2) is 0 Å². The Balaban J connectivity index is 2.44. The number of aliphatic hydroxyl groups is 1. The minimum absolute atomic E-state index is 0.520.